The lowest BCUT2D eigenvalue weighted by molar-refractivity contribution is 0.689. The van der Waals surface area contributed by atoms with E-state index >= 15 is 0 Å². The zero-order valence-electron chi connectivity index (χ0n) is 13.9. The van der Waals surface area contributed by atoms with Crippen molar-refractivity contribution in [2.24, 2.45) is 0 Å². The lowest BCUT2D eigenvalue weighted by Gasteiger charge is -2.20. The number of benzene rings is 1. The molecule has 0 aliphatic heterocycles. The van der Waals surface area contributed by atoms with Crippen molar-refractivity contribution in [1.29, 1.82) is 0 Å². The Morgan fingerprint density at radius 2 is 1.85 bits per heavy atom. The first-order valence-electron chi connectivity index (χ1n) is 8.76. The Hall–Kier alpha value is -2.93. The number of hydrogen-bond donors (Lipinski definition) is 0. The average molecular weight is 358 g/mol. The molecule has 6 nitrogen and oxygen atoms in total. The van der Waals surface area contributed by atoms with E-state index in [1.807, 2.05) is 6.07 Å². The summed E-state index contributed by atoms with van der Waals surface area (Å²) in [5, 5.41) is 13.1. The van der Waals surface area contributed by atoms with Crippen molar-refractivity contribution < 1.29 is 0 Å². The van der Waals surface area contributed by atoms with Crippen LogP contribution in [0.3, 0.4) is 0 Å². The van der Waals surface area contributed by atoms with Gasteiger partial charge in [0.1, 0.15) is 15.9 Å². The molecule has 26 heavy (non-hydrogen) atoms. The van der Waals surface area contributed by atoms with Crippen LogP contribution >= 0.6 is 11.3 Å². The van der Waals surface area contributed by atoms with Gasteiger partial charge in [-0.3, -0.25) is 0 Å². The number of nitrogens with zero attached hydrogens (tertiary/aromatic N) is 6. The van der Waals surface area contributed by atoms with Gasteiger partial charge in [-0.15, -0.1) is 16.4 Å². The van der Waals surface area contributed by atoms with Gasteiger partial charge in [0.25, 0.3) is 0 Å². The van der Waals surface area contributed by atoms with E-state index < -0.39 is 0 Å². The number of hydrogen-bond acceptors (Lipinski definition) is 6. The quantitative estimate of drug-likeness (QED) is 0.455. The Morgan fingerprint density at radius 1 is 1.00 bits per heavy atom. The molecule has 0 spiro atoms. The molecule has 6 rings (SSSR count). The Kier molecular flexibility index (Phi) is 2.90. The van der Waals surface area contributed by atoms with Crippen LogP contribution in [0.1, 0.15) is 24.0 Å². The second-order valence-corrected chi connectivity index (χ2v) is 7.64. The van der Waals surface area contributed by atoms with E-state index in [9.17, 15) is 0 Å². The third kappa shape index (κ3) is 1.89. The minimum Gasteiger partial charge on any atom is -0.236 e. The summed E-state index contributed by atoms with van der Waals surface area (Å²) in [5.74, 6) is 0. The SMILES string of the molecule is c1ccc(-c2nc3sc4c(ncn5nnnc45)c3c3c2CCCC3)cc1. The normalized spacial score (nSPS) is 14.3. The van der Waals surface area contributed by atoms with Crippen LogP contribution in [0.5, 0.6) is 0 Å². The fourth-order valence-electron chi connectivity index (χ4n) is 4.02. The van der Waals surface area contributed by atoms with Crippen LogP contribution in [-0.2, 0) is 12.8 Å². The van der Waals surface area contributed by atoms with Gasteiger partial charge in [0.05, 0.1) is 11.2 Å². The number of tetrazole rings is 1. The Labute approximate surface area is 152 Å². The molecular weight excluding hydrogens is 344 g/mol. The molecule has 1 aliphatic rings. The molecule has 1 aliphatic carbocycles. The lowest BCUT2D eigenvalue weighted by atomic mass is 9.87. The van der Waals surface area contributed by atoms with Crippen LogP contribution in [-0.4, -0.2) is 30.0 Å². The topological polar surface area (TPSA) is 68.9 Å². The first-order valence-corrected chi connectivity index (χ1v) is 9.58. The highest BCUT2D eigenvalue weighted by Gasteiger charge is 2.23. The van der Waals surface area contributed by atoms with E-state index in [0.717, 1.165) is 39.2 Å². The zero-order chi connectivity index (χ0) is 17.1. The summed E-state index contributed by atoms with van der Waals surface area (Å²) in [7, 11) is 0. The molecule has 126 valence electrons. The largest absolute Gasteiger partial charge is 0.236 e. The van der Waals surface area contributed by atoms with Crippen molar-refractivity contribution in [2.45, 2.75) is 25.7 Å². The highest BCUT2D eigenvalue weighted by Crippen LogP contribution is 2.41. The number of thiophene rings is 1. The second-order valence-electron chi connectivity index (χ2n) is 6.64. The first kappa shape index (κ1) is 14.3. The Balaban J connectivity index is 1.78. The van der Waals surface area contributed by atoms with Crippen molar-refractivity contribution >= 4 is 37.4 Å². The summed E-state index contributed by atoms with van der Waals surface area (Å²) in [4.78, 5) is 10.8. The van der Waals surface area contributed by atoms with E-state index in [1.165, 1.54) is 34.9 Å². The van der Waals surface area contributed by atoms with Crippen molar-refractivity contribution in [1.82, 2.24) is 30.0 Å². The molecule has 0 radical (unpaired) electrons. The highest BCUT2D eigenvalue weighted by atomic mass is 32.1. The van der Waals surface area contributed by atoms with E-state index in [-0.39, 0.29) is 0 Å². The number of rotatable bonds is 1. The highest BCUT2D eigenvalue weighted by molar-refractivity contribution is 7.26. The zero-order valence-corrected chi connectivity index (χ0v) is 14.7. The van der Waals surface area contributed by atoms with Gasteiger partial charge in [-0.05, 0) is 47.2 Å². The van der Waals surface area contributed by atoms with Crippen molar-refractivity contribution in [3.05, 3.63) is 47.8 Å². The molecule has 7 heteroatoms. The van der Waals surface area contributed by atoms with Crippen LogP contribution in [0.4, 0.5) is 0 Å². The van der Waals surface area contributed by atoms with Gasteiger partial charge < -0.3 is 0 Å². The van der Waals surface area contributed by atoms with Crippen LogP contribution in [0.25, 0.3) is 37.3 Å². The summed E-state index contributed by atoms with van der Waals surface area (Å²) < 4.78 is 2.64. The Morgan fingerprint density at radius 3 is 2.73 bits per heavy atom. The molecule has 0 atom stereocenters. The van der Waals surface area contributed by atoms with Gasteiger partial charge in [0, 0.05) is 10.9 Å². The maximum Gasteiger partial charge on any atom is 0.200 e. The summed E-state index contributed by atoms with van der Waals surface area (Å²) in [6.07, 6.45) is 6.29. The van der Waals surface area contributed by atoms with Gasteiger partial charge in [0.15, 0.2) is 5.65 Å². The molecule has 0 amide bonds. The van der Waals surface area contributed by atoms with E-state index in [4.69, 9.17) is 4.98 Å². The van der Waals surface area contributed by atoms with Crippen molar-refractivity contribution in [2.75, 3.05) is 0 Å². The molecule has 0 saturated carbocycles. The molecule has 0 bridgehead atoms. The summed E-state index contributed by atoms with van der Waals surface area (Å²) >= 11 is 1.64. The predicted molar refractivity (Wildman–Crippen MR) is 101 cm³/mol. The van der Waals surface area contributed by atoms with E-state index in [1.54, 1.807) is 22.2 Å². The molecule has 0 fully saturated rings. The number of aryl methyl sites for hydroxylation is 1. The maximum atomic E-state index is 5.09. The van der Waals surface area contributed by atoms with Gasteiger partial charge >= 0.3 is 0 Å². The Bertz CT molecular complexity index is 1290. The monoisotopic (exact) mass is 358 g/mol. The third-order valence-corrected chi connectivity index (χ3v) is 6.24. The molecule has 0 unspecified atom stereocenters. The number of aromatic nitrogens is 6. The molecule has 0 saturated heterocycles. The van der Waals surface area contributed by atoms with Gasteiger partial charge in [-0.2, -0.15) is 4.52 Å². The predicted octanol–water partition coefficient (Wildman–Crippen LogP) is 3.83. The van der Waals surface area contributed by atoms with Crippen LogP contribution < -0.4 is 0 Å². The molecule has 5 aromatic rings. The summed E-state index contributed by atoms with van der Waals surface area (Å²) in [6, 6.07) is 10.5. The minimum absolute atomic E-state index is 0.754. The minimum atomic E-state index is 0.754. The number of fused-ring (bicyclic) bond motifs is 7. The van der Waals surface area contributed by atoms with E-state index in [0.29, 0.717) is 0 Å². The van der Waals surface area contributed by atoms with Gasteiger partial charge in [0.2, 0.25) is 0 Å². The number of pyridine rings is 1. The molecule has 4 aromatic heterocycles. The fraction of sp³-hybridized carbons (Fsp3) is 0.211. The molecule has 1 aromatic carbocycles. The van der Waals surface area contributed by atoms with Gasteiger partial charge in [-0.25, -0.2) is 9.97 Å². The van der Waals surface area contributed by atoms with Crippen molar-refractivity contribution in [3.63, 3.8) is 0 Å². The average Bonchev–Trinajstić information content (AvgIpc) is 3.32. The van der Waals surface area contributed by atoms with E-state index in [2.05, 4.69) is 44.8 Å². The van der Waals surface area contributed by atoms with Crippen LogP contribution in [0.2, 0.25) is 0 Å². The molecule has 0 N–H and O–H groups in total. The van der Waals surface area contributed by atoms with Crippen LogP contribution in [0.15, 0.2) is 36.7 Å². The fourth-order valence-corrected chi connectivity index (χ4v) is 5.15. The summed E-state index contributed by atoms with van der Waals surface area (Å²) in [5.41, 5.74) is 6.84. The molecule has 4 heterocycles. The third-order valence-electron chi connectivity index (χ3n) is 5.17. The smallest absolute Gasteiger partial charge is 0.200 e. The second kappa shape index (κ2) is 5.28. The maximum absolute atomic E-state index is 5.09. The summed E-state index contributed by atoms with van der Waals surface area (Å²) in [6.45, 7) is 0. The first-order chi connectivity index (χ1) is 12.9. The van der Waals surface area contributed by atoms with Crippen molar-refractivity contribution in [3.8, 4) is 11.3 Å². The van der Waals surface area contributed by atoms with Crippen LogP contribution in [0, 0.1) is 0 Å². The molecular formula is C19H14N6S. The van der Waals surface area contributed by atoms with Gasteiger partial charge in [-0.1, -0.05) is 30.3 Å². The standard InChI is InChI=1S/C19H14N6S/c1-2-6-11(7-3-1)15-13-9-5-4-8-12(13)14-16-17(26-19(14)21-15)18-22-23-24-25(18)10-20-16/h1-3,6-7,10H,4-5,8-9H2. The lowest BCUT2D eigenvalue weighted by Crippen LogP contribution is -2.07.